The van der Waals surface area contributed by atoms with Gasteiger partial charge in [0.25, 0.3) is 0 Å². The lowest BCUT2D eigenvalue weighted by atomic mass is 10.0. The number of unbranched alkanes of at least 4 members (excludes halogenated alkanes) is 15. The predicted molar refractivity (Wildman–Crippen MR) is 142 cm³/mol. The molecule has 0 saturated carbocycles. The molecule has 0 aromatic heterocycles. The van der Waals surface area contributed by atoms with Gasteiger partial charge in [-0.2, -0.15) is 11.8 Å². The van der Waals surface area contributed by atoms with Gasteiger partial charge in [0.15, 0.2) is 0 Å². The first-order chi connectivity index (χ1) is 15.7. The Morgan fingerprint density at radius 1 is 0.750 bits per heavy atom. The maximum absolute atomic E-state index is 11.9. The minimum Gasteiger partial charge on any atom is -0.466 e. The number of rotatable bonds is 22. The minimum atomic E-state index is -0.0429. The van der Waals surface area contributed by atoms with Crippen LogP contribution in [0, 0.1) is 0 Å². The second-order valence-electron chi connectivity index (χ2n) is 9.20. The van der Waals surface area contributed by atoms with Gasteiger partial charge in [0.05, 0.1) is 13.0 Å². The lowest BCUT2D eigenvalue weighted by Gasteiger charge is -2.11. The van der Waals surface area contributed by atoms with Crippen molar-refractivity contribution in [2.75, 3.05) is 12.4 Å². The van der Waals surface area contributed by atoms with Crippen LogP contribution in [0.25, 0.3) is 0 Å². The molecule has 0 N–H and O–H groups in total. The molecular formula is C29H50O2S. The third-order valence-corrected chi connectivity index (χ3v) is 7.42. The second-order valence-corrected chi connectivity index (χ2v) is 10.6. The molecule has 1 aromatic carbocycles. The zero-order valence-electron chi connectivity index (χ0n) is 21.1. The molecule has 1 aromatic rings. The zero-order valence-corrected chi connectivity index (χ0v) is 21.9. The maximum Gasteiger partial charge on any atom is 0.306 e. The number of carbonyl (C=O) groups is 1. The molecule has 184 valence electrons. The van der Waals surface area contributed by atoms with Crippen LogP contribution in [-0.2, 0) is 9.53 Å². The van der Waals surface area contributed by atoms with E-state index in [0.717, 1.165) is 12.2 Å². The largest absolute Gasteiger partial charge is 0.466 e. The molecule has 1 unspecified atom stereocenters. The summed E-state index contributed by atoms with van der Waals surface area (Å²) in [6.07, 6.45) is 22.3. The van der Waals surface area contributed by atoms with Crippen molar-refractivity contribution in [1.29, 1.82) is 0 Å². The monoisotopic (exact) mass is 462 g/mol. The smallest absolute Gasteiger partial charge is 0.306 e. The molecule has 2 nitrogen and oxygen atoms in total. The van der Waals surface area contributed by atoms with Crippen molar-refractivity contribution in [3.8, 4) is 0 Å². The summed E-state index contributed by atoms with van der Waals surface area (Å²) in [5.41, 5.74) is 1.32. The molecule has 0 aliphatic rings. The third-order valence-electron chi connectivity index (χ3n) is 6.20. The van der Waals surface area contributed by atoms with Gasteiger partial charge in [-0.05, 0) is 18.9 Å². The average molecular weight is 463 g/mol. The first kappa shape index (κ1) is 29.1. The van der Waals surface area contributed by atoms with Crippen LogP contribution in [0.2, 0.25) is 0 Å². The molecule has 0 spiro atoms. The number of thioether (sulfide) groups is 1. The Morgan fingerprint density at radius 3 is 1.72 bits per heavy atom. The molecule has 3 heteroatoms. The summed E-state index contributed by atoms with van der Waals surface area (Å²) in [7, 11) is 0. The molecule has 32 heavy (non-hydrogen) atoms. The molecule has 1 rings (SSSR count). The maximum atomic E-state index is 11.9. The third kappa shape index (κ3) is 17.6. The Labute approximate surface area is 203 Å². The molecule has 1 atom stereocenters. The molecule has 0 aliphatic carbocycles. The molecule has 0 radical (unpaired) electrons. The molecule has 0 amide bonds. The van der Waals surface area contributed by atoms with E-state index in [9.17, 15) is 4.79 Å². The number of ether oxygens (including phenoxy) is 1. The first-order valence-corrected chi connectivity index (χ1v) is 14.6. The minimum absolute atomic E-state index is 0.0429. The number of hydrogen-bond acceptors (Lipinski definition) is 3. The predicted octanol–water partition coefficient (Wildman–Crippen LogP) is 9.68. The Kier molecular flexibility index (Phi) is 19.9. The van der Waals surface area contributed by atoms with Crippen LogP contribution in [0.4, 0.5) is 0 Å². The van der Waals surface area contributed by atoms with Gasteiger partial charge in [0.1, 0.15) is 0 Å². The van der Waals surface area contributed by atoms with Gasteiger partial charge in [0, 0.05) is 11.0 Å². The van der Waals surface area contributed by atoms with E-state index in [0.29, 0.717) is 18.3 Å². The summed E-state index contributed by atoms with van der Waals surface area (Å²) in [6, 6.07) is 10.5. The molecule has 0 aliphatic heterocycles. The molecule has 0 bridgehead atoms. The normalized spacial score (nSPS) is 12.1. The van der Waals surface area contributed by atoms with Gasteiger partial charge >= 0.3 is 5.97 Å². The van der Waals surface area contributed by atoms with Gasteiger partial charge < -0.3 is 4.74 Å². The van der Waals surface area contributed by atoms with Crippen LogP contribution in [-0.4, -0.2) is 18.3 Å². The van der Waals surface area contributed by atoms with Crippen LogP contribution in [0.3, 0.4) is 0 Å². The summed E-state index contributed by atoms with van der Waals surface area (Å²) in [5.74, 6) is 0.784. The molecule has 0 fully saturated rings. The first-order valence-electron chi connectivity index (χ1n) is 13.6. The highest BCUT2D eigenvalue weighted by molar-refractivity contribution is 7.99. The Bertz CT molecular complexity index is 531. The van der Waals surface area contributed by atoms with Crippen molar-refractivity contribution in [3.63, 3.8) is 0 Å². The molecule has 0 heterocycles. The fraction of sp³-hybridized carbons (Fsp3) is 0.759. The number of esters is 1. The summed E-state index contributed by atoms with van der Waals surface area (Å²) in [4.78, 5) is 11.9. The highest BCUT2D eigenvalue weighted by Crippen LogP contribution is 2.28. The van der Waals surface area contributed by atoms with Crippen molar-refractivity contribution in [2.24, 2.45) is 0 Å². The number of carbonyl (C=O) groups excluding carboxylic acids is 1. The SMILES string of the molecule is CCCCCCCCCCCCCCCCCCOC(=O)CCSC(C)c1ccccc1. The fourth-order valence-electron chi connectivity index (χ4n) is 4.05. The van der Waals surface area contributed by atoms with Crippen LogP contribution in [0.1, 0.15) is 134 Å². The number of benzene rings is 1. The van der Waals surface area contributed by atoms with Gasteiger partial charge in [-0.15, -0.1) is 0 Å². The summed E-state index contributed by atoms with van der Waals surface area (Å²) < 4.78 is 5.40. The quantitative estimate of drug-likeness (QED) is 0.127. The highest BCUT2D eigenvalue weighted by Gasteiger charge is 2.08. The van der Waals surface area contributed by atoms with Crippen molar-refractivity contribution in [3.05, 3.63) is 35.9 Å². The standard InChI is InChI=1S/C29H50O2S/c1-3-4-5-6-7-8-9-10-11-12-13-14-15-16-17-21-25-31-29(30)24-26-32-27(2)28-22-19-18-20-23-28/h18-20,22-23,27H,3-17,21,24-26H2,1-2H3. The van der Waals surface area contributed by atoms with E-state index in [1.165, 1.54) is 102 Å². The Morgan fingerprint density at radius 2 is 1.22 bits per heavy atom. The van der Waals surface area contributed by atoms with E-state index < -0.39 is 0 Å². The summed E-state index contributed by atoms with van der Waals surface area (Å²) >= 11 is 1.82. The summed E-state index contributed by atoms with van der Waals surface area (Å²) in [6.45, 7) is 5.07. The number of hydrogen-bond donors (Lipinski definition) is 0. The fourth-order valence-corrected chi connectivity index (χ4v) is 5.04. The van der Waals surface area contributed by atoms with E-state index in [-0.39, 0.29) is 5.97 Å². The van der Waals surface area contributed by atoms with Crippen LogP contribution in [0.5, 0.6) is 0 Å². The topological polar surface area (TPSA) is 26.3 Å². The Balaban J connectivity index is 1.78. The molecule has 0 saturated heterocycles. The van der Waals surface area contributed by atoms with E-state index in [2.05, 4.69) is 38.1 Å². The lowest BCUT2D eigenvalue weighted by molar-refractivity contribution is -0.143. The van der Waals surface area contributed by atoms with Crippen LogP contribution in [0.15, 0.2) is 30.3 Å². The van der Waals surface area contributed by atoms with Gasteiger partial charge in [-0.1, -0.05) is 134 Å². The van der Waals surface area contributed by atoms with E-state index in [1.54, 1.807) is 0 Å². The van der Waals surface area contributed by atoms with Crippen molar-refractivity contribution in [2.45, 2.75) is 128 Å². The zero-order chi connectivity index (χ0) is 23.1. The van der Waals surface area contributed by atoms with E-state index >= 15 is 0 Å². The highest BCUT2D eigenvalue weighted by atomic mass is 32.2. The molecular weight excluding hydrogens is 412 g/mol. The van der Waals surface area contributed by atoms with E-state index in [4.69, 9.17) is 4.74 Å². The van der Waals surface area contributed by atoms with Gasteiger partial charge in [-0.3, -0.25) is 4.79 Å². The van der Waals surface area contributed by atoms with Gasteiger partial charge in [-0.25, -0.2) is 0 Å². The Hall–Kier alpha value is -0.960. The van der Waals surface area contributed by atoms with Gasteiger partial charge in [0.2, 0.25) is 0 Å². The van der Waals surface area contributed by atoms with Crippen LogP contribution < -0.4 is 0 Å². The average Bonchev–Trinajstić information content (AvgIpc) is 2.81. The second kappa shape index (κ2) is 21.9. The van der Waals surface area contributed by atoms with Crippen LogP contribution >= 0.6 is 11.8 Å². The van der Waals surface area contributed by atoms with E-state index in [1.807, 2.05) is 17.8 Å². The van der Waals surface area contributed by atoms with Crippen molar-refractivity contribution >= 4 is 17.7 Å². The van der Waals surface area contributed by atoms with Crippen molar-refractivity contribution < 1.29 is 9.53 Å². The summed E-state index contributed by atoms with van der Waals surface area (Å²) in [5, 5.41) is 0.421. The van der Waals surface area contributed by atoms with Crippen molar-refractivity contribution in [1.82, 2.24) is 0 Å². The lowest BCUT2D eigenvalue weighted by Crippen LogP contribution is -2.07.